The molecule has 0 spiro atoms. The molecule has 3 aromatic carbocycles. The van der Waals surface area contributed by atoms with Gasteiger partial charge in [-0.2, -0.15) is 0 Å². The molecule has 0 atom stereocenters. The maximum Gasteiger partial charge on any atom is 0.260 e. The predicted octanol–water partition coefficient (Wildman–Crippen LogP) is 6.72. The Hall–Kier alpha value is -3.38. The molecule has 0 saturated heterocycles. The predicted molar refractivity (Wildman–Crippen MR) is 135 cm³/mol. The highest BCUT2D eigenvalue weighted by Crippen LogP contribution is 2.35. The van der Waals surface area contributed by atoms with Gasteiger partial charge in [0.05, 0.1) is 24.5 Å². The molecule has 0 aliphatic carbocycles. The zero-order chi connectivity index (χ0) is 23.0. The van der Waals surface area contributed by atoms with E-state index in [1.165, 1.54) is 11.3 Å². The van der Waals surface area contributed by atoms with Gasteiger partial charge < -0.3 is 9.47 Å². The van der Waals surface area contributed by atoms with Crippen molar-refractivity contribution in [2.24, 2.45) is 0 Å². The monoisotopic (exact) mass is 460 g/mol. The lowest BCUT2D eigenvalue weighted by atomic mass is 10.1. The number of unbranched alkanes of at least 4 members (excludes halogenated alkanes) is 1. The SMILES string of the molecule is CCCCOc1cccc(C(=O)N(Cc2ccccc2)c2nc3c(OCC)cccc3s2)c1. The van der Waals surface area contributed by atoms with Crippen LogP contribution in [0.1, 0.15) is 42.6 Å². The first-order valence-corrected chi connectivity index (χ1v) is 12.1. The van der Waals surface area contributed by atoms with Crippen molar-refractivity contribution in [2.45, 2.75) is 33.2 Å². The van der Waals surface area contributed by atoms with Crippen molar-refractivity contribution in [1.82, 2.24) is 4.98 Å². The molecule has 33 heavy (non-hydrogen) atoms. The molecule has 4 rings (SSSR count). The van der Waals surface area contributed by atoms with E-state index >= 15 is 0 Å². The summed E-state index contributed by atoms with van der Waals surface area (Å²) < 4.78 is 12.6. The number of aromatic nitrogens is 1. The van der Waals surface area contributed by atoms with E-state index in [4.69, 9.17) is 14.5 Å². The van der Waals surface area contributed by atoms with Gasteiger partial charge in [-0.1, -0.05) is 67.1 Å². The fourth-order valence-electron chi connectivity index (χ4n) is 3.50. The lowest BCUT2D eigenvalue weighted by Gasteiger charge is -2.20. The maximum absolute atomic E-state index is 13.7. The van der Waals surface area contributed by atoms with Crippen molar-refractivity contribution in [2.75, 3.05) is 18.1 Å². The van der Waals surface area contributed by atoms with Crippen molar-refractivity contribution in [3.8, 4) is 11.5 Å². The highest BCUT2D eigenvalue weighted by atomic mass is 32.1. The minimum Gasteiger partial charge on any atom is -0.494 e. The molecule has 0 N–H and O–H groups in total. The van der Waals surface area contributed by atoms with E-state index in [0.29, 0.717) is 36.2 Å². The topological polar surface area (TPSA) is 51.7 Å². The second-order valence-electron chi connectivity index (χ2n) is 7.64. The van der Waals surface area contributed by atoms with Gasteiger partial charge in [0.25, 0.3) is 5.91 Å². The summed E-state index contributed by atoms with van der Waals surface area (Å²) in [6.45, 7) is 5.69. The summed E-state index contributed by atoms with van der Waals surface area (Å²) >= 11 is 1.49. The van der Waals surface area contributed by atoms with Crippen LogP contribution in [-0.4, -0.2) is 24.1 Å². The smallest absolute Gasteiger partial charge is 0.260 e. The van der Waals surface area contributed by atoms with Gasteiger partial charge in [0.1, 0.15) is 17.0 Å². The fourth-order valence-corrected chi connectivity index (χ4v) is 4.48. The van der Waals surface area contributed by atoms with Crippen molar-refractivity contribution in [1.29, 1.82) is 0 Å². The highest BCUT2D eigenvalue weighted by molar-refractivity contribution is 7.22. The van der Waals surface area contributed by atoms with Crippen LogP contribution < -0.4 is 14.4 Å². The van der Waals surface area contributed by atoms with E-state index in [1.807, 2.05) is 79.7 Å². The Morgan fingerprint density at radius 3 is 2.58 bits per heavy atom. The molecular weight excluding hydrogens is 432 g/mol. The zero-order valence-electron chi connectivity index (χ0n) is 19.0. The number of nitrogens with zero attached hydrogens (tertiary/aromatic N) is 2. The van der Waals surface area contributed by atoms with E-state index in [2.05, 4.69) is 6.92 Å². The summed E-state index contributed by atoms with van der Waals surface area (Å²) in [5.74, 6) is 1.32. The minimum atomic E-state index is -0.114. The van der Waals surface area contributed by atoms with Crippen LogP contribution in [0.25, 0.3) is 10.2 Å². The van der Waals surface area contributed by atoms with Crippen LogP contribution in [0.15, 0.2) is 72.8 Å². The van der Waals surface area contributed by atoms with Gasteiger partial charge in [-0.05, 0) is 49.2 Å². The first-order valence-electron chi connectivity index (χ1n) is 11.3. The second kappa shape index (κ2) is 11.0. The van der Waals surface area contributed by atoms with Gasteiger partial charge >= 0.3 is 0 Å². The van der Waals surface area contributed by atoms with E-state index < -0.39 is 0 Å². The van der Waals surface area contributed by atoms with E-state index in [-0.39, 0.29) is 5.91 Å². The molecule has 4 aromatic rings. The summed E-state index contributed by atoms with van der Waals surface area (Å²) in [6, 6.07) is 23.2. The Labute approximate surface area is 198 Å². The number of carbonyl (C=O) groups excluding carboxylic acids is 1. The molecule has 0 bridgehead atoms. The summed E-state index contributed by atoms with van der Waals surface area (Å²) in [7, 11) is 0. The van der Waals surface area contributed by atoms with Crippen molar-refractivity contribution in [3.05, 3.63) is 83.9 Å². The molecule has 0 radical (unpaired) electrons. The molecule has 0 aliphatic heterocycles. The van der Waals surface area contributed by atoms with E-state index in [9.17, 15) is 4.79 Å². The van der Waals surface area contributed by atoms with Crippen LogP contribution in [0, 0.1) is 0 Å². The molecular formula is C27H28N2O3S. The van der Waals surface area contributed by atoms with Crippen molar-refractivity contribution < 1.29 is 14.3 Å². The third-order valence-electron chi connectivity index (χ3n) is 5.18. The van der Waals surface area contributed by atoms with Gasteiger partial charge in [-0.25, -0.2) is 4.98 Å². The van der Waals surface area contributed by atoms with E-state index in [0.717, 1.165) is 34.4 Å². The number of rotatable bonds is 10. The van der Waals surface area contributed by atoms with Crippen LogP contribution in [0.4, 0.5) is 5.13 Å². The average molecular weight is 461 g/mol. The largest absolute Gasteiger partial charge is 0.494 e. The van der Waals surface area contributed by atoms with Crippen molar-refractivity contribution >= 4 is 32.6 Å². The number of thiazole rings is 1. The van der Waals surface area contributed by atoms with Crippen LogP contribution in [-0.2, 0) is 6.54 Å². The molecule has 0 unspecified atom stereocenters. The molecule has 1 amide bonds. The van der Waals surface area contributed by atoms with Gasteiger partial charge in [-0.15, -0.1) is 0 Å². The number of hydrogen-bond donors (Lipinski definition) is 0. The fraction of sp³-hybridized carbons (Fsp3) is 0.259. The molecule has 5 nitrogen and oxygen atoms in total. The quantitative estimate of drug-likeness (QED) is 0.247. The Morgan fingerprint density at radius 2 is 1.79 bits per heavy atom. The Kier molecular flexibility index (Phi) is 7.58. The number of hydrogen-bond acceptors (Lipinski definition) is 5. The Balaban J connectivity index is 1.70. The lowest BCUT2D eigenvalue weighted by Crippen LogP contribution is -2.30. The number of amides is 1. The van der Waals surface area contributed by atoms with Crippen LogP contribution in [0.2, 0.25) is 0 Å². The third kappa shape index (κ3) is 5.52. The van der Waals surface area contributed by atoms with Crippen LogP contribution >= 0.6 is 11.3 Å². The second-order valence-corrected chi connectivity index (χ2v) is 8.65. The average Bonchev–Trinajstić information content (AvgIpc) is 3.28. The minimum absolute atomic E-state index is 0.114. The van der Waals surface area contributed by atoms with Gasteiger partial charge in [0.2, 0.25) is 0 Å². The normalized spacial score (nSPS) is 10.8. The van der Waals surface area contributed by atoms with Crippen LogP contribution in [0.3, 0.4) is 0 Å². The highest BCUT2D eigenvalue weighted by Gasteiger charge is 2.23. The standard InChI is InChI=1S/C27H28N2O3S/c1-3-5-17-32-22-14-9-13-21(18-22)26(30)29(19-20-11-7-6-8-12-20)27-28-25-23(31-4-2)15-10-16-24(25)33-27/h6-16,18H,3-5,17,19H2,1-2H3. The van der Waals surface area contributed by atoms with E-state index in [1.54, 1.807) is 4.90 Å². The first-order chi connectivity index (χ1) is 16.2. The molecule has 1 aromatic heterocycles. The molecule has 170 valence electrons. The summed E-state index contributed by atoms with van der Waals surface area (Å²) in [6.07, 6.45) is 2.04. The summed E-state index contributed by atoms with van der Waals surface area (Å²) in [4.78, 5) is 20.3. The lowest BCUT2D eigenvalue weighted by molar-refractivity contribution is 0.0984. The number of ether oxygens (including phenoxy) is 2. The molecule has 0 aliphatic rings. The Morgan fingerprint density at radius 1 is 0.970 bits per heavy atom. The molecule has 0 fully saturated rings. The molecule has 0 saturated carbocycles. The molecule has 6 heteroatoms. The van der Waals surface area contributed by atoms with Gasteiger partial charge in [-0.3, -0.25) is 9.69 Å². The number of benzene rings is 3. The van der Waals surface area contributed by atoms with Gasteiger partial charge in [0, 0.05) is 5.56 Å². The number of anilines is 1. The Bertz CT molecular complexity index is 1210. The van der Waals surface area contributed by atoms with Crippen LogP contribution in [0.5, 0.6) is 11.5 Å². The number of para-hydroxylation sites is 1. The molecule has 1 heterocycles. The first kappa shape index (κ1) is 22.8. The summed E-state index contributed by atoms with van der Waals surface area (Å²) in [5, 5.41) is 0.642. The number of fused-ring (bicyclic) bond motifs is 1. The summed E-state index contributed by atoms with van der Waals surface area (Å²) in [5.41, 5.74) is 2.39. The third-order valence-corrected chi connectivity index (χ3v) is 6.22. The van der Waals surface area contributed by atoms with Gasteiger partial charge in [0.15, 0.2) is 5.13 Å². The maximum atomic E-state index is 13.7. The van der Waals surface area contributed by atoms with Crippen molar-refractivity contribution in [3.63, 3.8) is 0 Å². The number of carbonyl (C=O) groups is 1. The zero-order valence-corrected chi connectivity index (χ0v) is 19.8.